The molecule has 0 radical (unpaired) electrons. The third-order valence-electron chi connectivity index (χ3n) is 5.17. The number of nitrogens with one attached hydrogen (secondary N) is 1. The van der Waals surface area contributed by atoms with Crippen LogP contribution in [-0.4, -0.2) is 33.0 Å². The molecule has 0 aliphatic carbocycles. The highest BCUT2D eigenvalue weighted by molar-refractivity contribution is 6.11. The minimum absolute atomic E-state index is 0.415. The molecule has 172 valence electrons. The molecular weight excluding hydrogens is 424 g/mol. The van der Waals surface area contributed by atoms with E-state index in [4.69, 9.17) is 4.74 Å². The van der Waals surface area contributed by atoms with E-state index in [0.717, 1.165) is 29.0 Å². The van der Waals surface area contributed by atoms with Crippen LogP contribution in [0.5, 0.6) is 5.75 Å². The van der Waals surface area contributed by atoms with Gasteiger partial charge in [-0.1, -0.05) is 79.6 Å². The summed E-state index contributed by atoms with van der Waals surface area (Å²) in [6.07, 6.45) is 5.08. The normalized spacial score (nSPS) is 11.8. The third kappa shape index (κ3) is 5.95. The Morgan fingerprint density at radius 2 is 1.82 bits per heavy atom. The summed E-state index contributed by atoms with van der Waals surface area (Å²) in [6.45, 7) is 4.46. The summed E-state index contributed by atoms with van der Waals surface area (Å²) in [5.41, 5.74) is 7.90. The lowest BCUT2D eigenvalue weighted by Crippen LogP contribution is -2.06. The van der Waals surface area contributed by atoms with Crippen LogP contribution in [0.4, 0.5) is 5.95 Å². The van der Waals surface area contributed by atoms with Crippen molar-refractivity contribution in [2.45, 2.75) is 20.3 Å². The molecule has 7 heteroatoms. The molecule has 0 aliphatic rings. The van der Waals surface area contributed by atoms with Gasteiger partial charge in [-0.25, -0.2) is 5.43 Å². The fourth-order valence-corrected chi connectivity index (χ4v) is 3.50. The van der Waals surface area contributed by atoms with Crippen molar-refractivity contribution >= 4 is 17.7 Å². The van der Waals surface area contributed by atoms with Gasteiger partial charge in [0, 0.05) is 5.56 Å². The summed E-state index contributed by atoms with van der Waals surface area (Å²) < 4.78 is 7.00. The fraction of sp³-hybridized carbons (Fsp3) is 0.185. The lowest BCUT2D eigenvalue weighted by Gasteiger charge is -2.07. The zero-order valence-corrected chi connectivity index (χ0v) is 19.6. The Hall–Kier alpha value is -4.26. The SMILES string of the molecule is COc1cccc(C(C=Cc2ccc(CC(C)C)cc2)=NNc2nnnn2-c2ccccc2)c1. The minimum Gasteiger partial charge on any atom is -0.497 e. The molecule has 0 fully saturated rings. The molecule has 0 saturated heterocycles. The molecule has 0 unspecified atom stereocenters. The summed E-state index contributed by atoms with van der Waals surface area (Å²) in [5.74, 6) is 1.80. The first kappa shape index (κ1) is 22.9. The standard InChI is InChI=1S/C27H28N6O/c1-20(2)18-22-14-12-21(13-15-22)16-17-26(23-8-7-11-25(19-23)34-3)28-29-27-30-31-32-33(27)24-9-5-4-6-10-24/h4-17,19-20H,18H2,1-3H3,(H,29,30,32). The van der Waals surface area contributed by atoms with Crippen LogP contribution in [0, 0.1) is 5.92 Å². The Bertz CT molecular complexity index is 1260. The molecule has 34 heavy (non-hydrogen) atoms. The molecule has 7 nitrogen and oxygen atoms in total. The predicted octanol–water partition coefficient (Wildman–Crippen LogP) is 5.40. The maximum absolute atomic E-state index is 5.40. The van der Waals surface area contributed by atoms with Crippen molar-refractivity contribution in [1.29, 1.82) is 0 Å². The second kappa shape index (κ2) is 11.0. The van der Waals surface area contributed by atoms with E-state index < -0.39 is 0 Å². The number of tetrazole rings is 1. The van der Waals surface area contributed by atoms with Crippen LogP contribution in [0.1, 0.15) is 30.5 Å². The first-order valence-corrected chi connectivity index (χ1v) is 11.2. The Morgan fingerprint density at radius 1 is 1.03 bits per heavy atom. The Labute approximate surface area is 199 Å². The molecule has 0 spiro atoms. The molecule has 0 amide bonds. The average molecular weight is 453 g/mol. The molecular formula is C27H28N6O. The molecule has 0 atom stereocenters. The summed E-state index contributed by atoms with van der Waals surface area (Å²) in [7, 11) is 1.65. The molecule has 3 aromatic carbocycles. The number of para-hydroxylation sites is 1. The molecule has 4 rings (SSSR count). The summed E-state index contributed by atoms with van der Waals surface area (Å²) >= 11 is 0. The van der Waals surface area contributed by atoms with Gasteiger partial charge in [0.1, 0.15) is 5.75 Å². The molecule has 0 bridgehead atoms. The Morgan fingerprint density at radius 3 is 2.56 bits per heavy atom. The van der Waals surface area contributed by atoms with Gasteiger partial charge in [-0.2, -0.15) is 9.78 Å². The monoisotopic (exact) mass is 452 g/mol. The second-order valence-corrected chi connectivity index (χ2v) is 8.26. The van der Waals surface area contributed by atoms with Crippen molar-refractivity contribution in [3.8, 4) is 11.4 Å². The van der Waals surface area contributed by atoms with Crippen molar-refractivity contribution in [1.82, 2.24) is 20.2 Å². The number of hydrogen-bond donors (Lipinski definition) is 1. The van der Waals surface area contributed by atoms with Gasteiger partial charge in [0.2, 0.25) is 0 Å². The predicted molar refractivity (Wildman–Crippen MR) is 136 cm³/mol. The second-order valence-electron chi connectivity index (χ2n) is 8.26. The molecule has 1 N–H and O–H groups in total. The Balaban J connectivity index is 1.62. The molecule has 1 aromatic heterocycles. The Kier molecular flexibility index (Phi) is 7.45. The third-order valence-corrected chi connectivity index (χ3v) is 5.17. The average Bonchev–Trinajstić information content (AvgIpc) is 3.34. The maximum atomic E-state index is 5.40. The number of benzene rings is 3. The highest BCUT2D eigenvalue weighted by Gasteiger charge is 2.08. The van der Waals surface area contributed by atoms with Crippen molar-refractivity contribution < 1.29 is 4.74 Å². The van der Waals surface area contributed by atoms with Gasteiger partial charge < -0.3 is 4.74 Å². The lowest BCUT2D eigenvalue weighted by molar-refractivity contribution is 0.414. The molecule has 1 heterocycles. The van der Waals surface area contributed by atoms with Crippen LogP contribution in [0.15, 0.2) is 90.0 Å². The first-order chi connectivity index (χ1) is 16.6. The topological polar surface area (TPSA) is 77.2 Å². The number of hydrogen-bond acceptors (Lipinski definition) is 6. The number of aromatic nitrogens is 4. The molecule has 0 aliphatic heterocycles. The van der Waals surface area contributed by atoms with Gasteiger partial charge in [-0.15, -0.1) is 0 Å². The zero-order valence-electron chi connectivity index (χ0n) is 19.6. The van der Waals surface area contributed by atoms with E-state index in [2.05, 4.69) is 64.2 Å². The van der Waals surface area contributed by atoms with E-state index in [-0.39, 0.29) is 0 Å². The van der Waals surface area contributed by atoms with Crippen molar-refractivity contribution in [2.24, 2.45) is 11.0 Å². The quantitative estimate of drug-likeness (QED) is 0.272. The van der Waals surface area contributed by atoms with Gasteiger partial charge in [0.25, 0.3) is 5.95 Å². The summed E-state index contributed by atoms with van der Waals surface area (Å²) in [5, 5.41) is 16.6. The van der Waals surface area contributed by atoms with E-state index in [0.29, 0.717) is 17.6 Å². The summed E-state index contributed by atoms with van der Waals surface area (Å²) in [4.78, 5) is 0. The van der Waals surface area contributed by atoms with Crippen LogP contribution in [0.3, 0.4) is 0 Å². The van der Waals surface area contributed by atoms with Gasteiger partial charge in [0.15, 0.2) is 0 Å². The van der Waals surface area contributed by atoms with Gasteiger partial charge in [-0.05, 0) is 64.2 Å². The minimum atomic E-state index is 0.415. The number of allylic oxidation sites excluding steroid dienone is 1. The van der Waals surface area contributed by atoms with Gasteiger partial charge in [0.05, 0.1) is 18.5 Å². The molecule has 4 aromatic rings. The zero-order chi connectivity index (χ0) is 23.8. The fourth-order valence-electron chi connectivity index (χ4n) is 3.50. The van der Waals surface area contributed by atoms with Crippen molar-refractivity contribution in [2.75, 3.05) is 12.5 Å². The van der Waals surface area contributed by atoms with Crippen LogP contribution in [0.2, 0.25) is 0 Å². The number of anilines is 1. The van der Waals surface area contributed by atoms with Crippen LogP contribution >= 0.6 is 0 Å². The van der Waals surface area contributed by atoms with Crippen LogP contribution < -0.4 is 10.2 Å². The van der Waals surface area contributed by atoms with E-state index in [1.807, 2.05) is 66.7 Å². The first-order valence-electron chi connectivity index (χ1n) is 11.2. The van der Waals surface area contributed by atoms with E-state index in [9.17, 15) is 0 Å². The van der Waals surface area contributed by atoms with Crippen molar-refractivity contribution in [3.63, 3.8) is 0 Å². The van der Waals surface area contributed by atoms with Gasteiger partial charge >= 0.3 is 0 Å². The highest BCUT2D eigenvalue weighted by Crippen LogP contribution is 2.17. The van der Waals surface area contributed by atoms with Crippen LogP contribution in [0.25, 0.3) is 11.8 Å². The smallest absolute Gasteiger partial charge is 0.268 e. The van der Waals surface area contributed by atoms with E-state index >= 15 is 0 Å². The maximum Gasteiger partial charge on any atom is 0.268 e. The number of rotatable bonds is 9. The number of methoxy groups -OCH3 is 1. The van der Waals surface area contributed by atoms with E-state index in [1.165, 1.54) is 5.56 Å². The number of ether oxygens (including phenoxy) is 1. The van der Waals surface area contributed by atoms with Crippen LogP contribution in [-0.2, 0) is 6.42 Å². The van der Waals surface area contributed by atoms with E-state index in [1.54, 1.807) is 11.8 Å². The highest BCUT2D eigenvalue weighted by atomic mass is 16.5. The molecule has 0 saturated carbocycles. The number of hydrazone groups is 1. The van der Waals surface area contributed by atoms with Crippen molar-refractivity contribution in [3.05, 3.63) is 102 Å². The number of nitrogens with zero attached hydrogens (tertiary/aromatic N) is 5. The van der Waals surface area contributed by atoms with Gasteiger partial charge in [-0.3, -0.25) is 0 Å². The summed E-state index contributed by atoms with van der Waals surface area (Å²) in [6, 6.07) is 26.0. The largest absolute Gasteiger partial charge is 0.497 e. The lowest BCUT2D eigenvalue weighted by atomic mass is 10.0.